The van der Waals surface area contributed by atoms with Gasteiger partial charge in [-0.2, -0.15) is 0 Å². The first kappa shape index (κ1) is 21.7. The molecule has 0 spiro atoms. The Morgan fingerprint density at radius 3 is 2.53 bits per heavy atom. The Bertz CT molecular complexity index is 890. The summed E-state index contributed by atoms with van der Waals surface area (Å²) in [5.41, 5.74) is 7.41. The maximum atomic E-state index is 12.5. The van der Waals surface area contributed by atoms with Gasteiger partial charge in [-0.1, -0.05) is 30.3 Å². The Morgan fingerprint density at radius 1 is 1.13 bits per heavy atom. The van der Waals surface area contributed by atoms with Gasteiger partial charge in [-0.25, -0.2) is 4.79 Å². The Morgan fingerprint density at radius 2 is 1.87 bits per heavy atom. The average Bonchev–Trinajstić information content (AvgIpc) is 2.71. The van der Waals surface area contributed by atoms with Crippen molar-refractivity contribution < 1.29 is 19.1 Å². The van der Waals surface area contributed by atoms with Crippen molar-refractivity contribution in [3.05, 3.63) is 65.2 Å². The number of carbonyl (C=O) groups is 2. The molecular weight excluding hydrogens is 380 g/mol. The second kappa shape index (κ2) is 9.20. The predicted molar refractivity (Wildman–Crippen MR) is 116 cm³/mol. The molecule has 1 unspecified atom stereocenters. The van der Waals surface area contributed by atoms with Crippen LogP contribution in [0.15, 0.2) is 48.5 Å². The molecule has 2 amide bonds. The normalized spacial score (nSPS) is 16.8. The molecule has 2 aromatic carbocycles. The number of piperidine rings is 1. The van der Waals surface area contributed by atoms with Crippen molar-refractivity contribution in [2.45, 2.75) is 51.7 Å². The van der Waals surface area contributed by atoms with E-state index in [1.165, 1.54) is 0 Å². The lowest BCUT2D eigenvalue weighted by molar-refractivity contribution is 0.0198. The number of nitrogens with two attached hydrogens (primary N) is 1. The van der Waals surface area contributed by atoms with E-state index in [-0.39, 0.29) is 12.0 Å². The standard InChI is InChI=1S/C24H30N2O4/c1-24(2,3)30-23(28)26-11-7-10-18(15-26)19-12-20(22(25)27)14-21(13-19)29-16-17-8-5-4-6-9-17/h4-6,8-9,12-14,18H,7,10-11,15-16H2,1-3H3,(H2,25,27). The molecule has 0 aliphatic carbocycles. The van der Waals surface area contributed by atoms with Crippen LogP contribution in [0, 0.1) is 0 Å². The van der Waals surface area contributed by atoms with E-state index in [4.69, 9.17) is 15.2 Å². The van der Waals surface area contributed by atoms with Crippen LogP contribution in [0.5, 0.6) is 5.75 Å². The molecule has 1 heterocycles. The van der Waals surface area contributed by atoms with Crippen LogP contribution >= 0.6 is 0 Å². The molecule has 0 radical (unpaired) electrons. The predicted octanol–water partition coefficient (Wildman–Crippen LogP) is 4.48. The summed E-state index contributed by atoms with van der Waals surface area (Å²) in [4.78, 5) is 26.1. The minimum atomic E-state index is -0.533. The molecular formula is C24H30N2O4. The quantitative estimate of drug-likeness (QED) is 0.788. The summed E-state index contributed by atoms with van der Waals surface area (Å²) >= 11 is 0. The summed E-state index contributed by atoms with van der Waals surface area (Å²) in [7, 11) is 0. The van der Waals surface area contributed by atoms with Gasteiger partial charge in [0.2, 0.25) is 5.91 Å². The van der Waals surface area contributed by atoms with E-state index in [2.05, 4.69) is 0 Å². The van der Waals surface area contributed by atoms with Crippen molar-refractivity contribution in [3.8, 4) is 5.75 Å². The van der Waals surface area contributed by atoms with E-state index in [1.807, 2.05) is 57.2 Å². The summed E-state index contributed by atoms with van der Waals surface area (Å²) in [6.45, 7) is 7.18. The molecule has 3 rings (SSSR count). The van der Waals surface area contributed by atoms with Crippen LogP contribution in [-0.2, 0) is 11.3 Å². The smallest absolute Gasteiger partial charge is 0.410 e. The number of ether oxygens (including phenoxy) is 2. The first-order valence-electron chi connectivity index (χ1n) is 10.3. The maximum Gasteiger partial charge on any atom is 0.410 e. The minimum absolute atomic E-state index is 0.0876. The molecule has 6 heteroatoms. The third kappa shape index (κ3) is 5.99. The van der Waals surface area contributed by atoms with E-state index in [9.17, 15) is 9.59 Å². The van der Waals surface area contributed by atoms with Crippen LogP contribution < -0.4 is 10.5 Å². The molecule has 1 saturated heterocycles. The highest BCUT2D eigenvalue weighted by Crippen LogP contribution is 2.31. The third-order valence-electron chi connectivity index (χ3n) is 5.01. The van der Waals surface area contributed by atoms with Crippen molar-refractivity contribution in [3.63, 3.8) is 0 Å². The fourth-order valence-corrected chi connectivity index (χ4v) is 3.57. The van der Waals surface area contributed by atoms with Crippen molar-refractivity contribution in [2.24, 2.45) is 5.73 Å². The van der Waals surface area contributed by atoms with Gasteiger partial charge in [0.1, 0.15) is 18.0 Å². The van der Waals surface area contributed by atoms with Crippen LogP contribution in [0.25, 0.3) is 0 Å². The molecule has 160 valence electrons. The molecule has 0 saturated carbocycles. The Balaban J connectivity index is 1.77. The monoisotopic (exact) mass is 410 g/mol. The molecule has 1 fully saturated rings. The van der Waals surface area contributed by atoms with Gasteiger partial charge in [-0.05, 0) is 62.9 Å². The average molecular weight is 411 g/mol. The van der Waals surface area contributed by atoms with Crippen LogP contribution in [0.4, 0.5) is 4.79 Å². The first-order valence-corrected chi connectivity index (χ1v) is 10.3. The summed E-state index contributed by atoms with van der Waals surface area (Å²) in [6.07, 6.45) is 1.48. The van der Waals surface area contributed by atoms with Gasteiger partial charge in [0.15, 0.2) is 0 Å². The molecule has 0 bridgehead atoms. The molecule has 2 N–H and O–H groups in total. The minimum Gasteiger partial charge on any atom is -0.489 e. The number of hydrogen-bond donors (Lipinski definition) is 1. The fourth-order valence-electron chi connectivity index (χ4n) is 3.57. The zero-order valence-corrected chi connectivity index (χ0v) is 17.9. The second-order valence-electron chi connectivity index (χ2n) is 8.69. The maximum absolute atomic E-state index is 12.5. The largest absolute Gasteiger partial charge is 0.489 e. The SMILES string of the molecule is CC(C)(C)OC(=O)N1CCCC(c2cc(OCc3ccccc3)cc(C(N)=O)c2)C1. The molecule has 1 atom stereocenters. The number of likely N-dealkylation sites (tertiary alicyclic amines) is 1. The number of hydrogen-bond acceptors (Lipinski definition) is 4. The van der Waals surface area contributed by atoms with Crippen molar-refractivity contribution >= 4 is 12.0 Å². The van der Waals surface area contributed by atoms with Crippen molar-refractivity contribution in [1.29, 1.82) is 0 Å². The number of rotatable bonds is 5. The van der Waals surface area contributed by atoms with Crippen molar-refractivity contribution in [1.82, 2.24) is 4.90 Å². The Hall–Kier alpha value is -3.02. The number of benzene rings is 2. The zero-order valence-electron chi connectivity index (χ0n) is 17.9. The molecule has 6 nitrogen and oxygen atoms in total. The van der Waals surface area contributed by atoms with Gasteiger partial charge in [0.05, 0.1) is 0 Å². The molecule has 1 aliphatic heterocycles. The summed E-state index contributed by atoms with van der Waals surface area (Å²) in [6, 6.07) is 15.3. The van der Waals surface area contributed by atoms with Crippen molar-refractivity contribution in [2.75, 3.05) is 13.1 Å². The third-order valence-corrected chi connectivity index (χ3v) is 5.01. The highest BCUT2D eigenvalue weighted by molar-refractivity contribution is 5.93. The fraction of sp³-hybridized carbons (Fsp3) is 0.417. The lowest BCUT2D eigenvalue weighted by Gasteiger charge is -2.34. The number of carbonyl (C=O) groups excluding carboxylic acids is 2. The lowest BCUT2D eigenvalue weighted by Crippen LogP contribution is -2.42. The van der Waals surface area contributed by atoms with E-state index in [0.717, 1.165) is 24.0 Å². The van der Waals surface area contributed by atoms with Crippen LogP contribution in [0.1, 0.15) is 61.0 Å². The molecule has 1 aliphatic rings. The van der Waals surface area contributed by atoms with Gasteiger partial charge >= 0.3 is 6.09 Å². The van der Waals surface area contributed by atoms with Gasteiger partial charge in [-0.15, -0.1) is 0 Å². The summed E-state index contributed by atoms with van der Waals surface area (Å²) in [5.74, 6) is 0.186. The highest BCUT2D eigenvalue weighted by Gasteiger charge is 2.29. The van der Waals surface area contributed by atoms with Crippen LogP contribution in [0.3, 0.4) is 0 Å². The Kier molecular flexibility index (Phi) is 6.65. The number of amides is 2. The summed E-state index contributed by atoms with van der Waals surface area (Å²) in [5, 5.41) is 0. The highest BCUT2D eigenvalue weighted by atomic mass is 16.6. The summed E-state index contributed by atoms with van der Waals surface area (Å²) < 4.78 is 11.5. The van der Waals surface area contributed by atoms with E-state index < -0.39 is 11.5 Å². The zero-order chi connectivity index (χ0) is 21.7. The molecule has 2 aromatic rings. The lowest BCUT2D eigenvalue weighted by atomic mass is 9.89. The second-order valence-corrected chi connectivity index (χ2v) is 8.69. The van der Waals surface area contributed by atoms with Crippen LogP contribution in [-0.4, -0.2) is 35.6 Å². The molecule has 0 aromatic heterocycles. The van der Waals surface area contributed by atoms with E-state index in [0.29, 0.717) is 31.0 Å². The van der Waals surface area contributed by atoms with Crippen LogP contribution in [0.2, 0.25) is 0 Å². The van der Waals surface area contributed by atoms with E-state index in [1.54, 1.807) is 17.0 Å². The van der Waals surface area contributed by atoms with Gasteiger partial charge in [0, 0.05) is 24.6 Å². The first-order chi connectivity index (χ1) is 14.2. The van der Waals surface area contributed by atoms with Gasteiger partial charge in [0.25, 0.3) is 0 Å². The number of primary amides is 1. The van der Waals surface area contributed by atoms with E-state index >= 15 is 0 Å². The molecule has 30 heavy (non-hydrogen) atoms. The Labute approximate surface area is 178 Å². The van der Waals surface area contributed by atoms with Gasteiger partial charge in [-0.3, -0.25) is 4.79 Å². The van der Waals surface area contributed by atoms with Gasteiger partial charge < -0.3 is 20.1 Å². The topological polar surface area (TPSA) is 81.9 Å². The number of nitrogens with zero attached hydrogens (tertiary/aromatic N) is 1.